The third-order valence-electron chi connectivity index (χ3n) is 5.95. The highest BCUT2D eigenvalue weighted by molar-refractivity contribution is 5.86. The molecular weight excluding hydrogens is 364 g/mol. The Bertz CT molecular complexity index is 952. The Labute approximate surface area is 170 Å². The van der Waals surface area contributed by atoms with E-state index in [2.05, 4.69) is 48.2 Å². The fourth-order valence-electron chi connectivity index (χ4n) is 4.31. The fourth-order valence-corrected chi connectivity index (χ4v) is 4.31. The Morgan fingerprint density at radius 2 is 1.83 bits per heavy atom. The van der Waals surface area contributed by atoms with Gasteiger partial charge in [0.2, 0.25) is 5.88 Å². The Morgan fingerprint density at radius 3 is 2.62 bits per heavy atom. The van der Waals surface area contributed by atoms with Gasteiger partial charge in [0.25, 0.3) is 0 Å². The molecule has 0 atom stereocenters. The first-order chi connectivity index (χ1) is 14.3. The van der Waals surface area contributed by atoms with Gasteiger partial charge in [-0.25, -0.2) is 9.97 Å². The van der Waals surface area contributed by atoms with Gasteiger partial charge < -0.3 is 9.64 Å². The van der Waals surface area contributed by atoms with E-state index >= 15 is 0 Å². The van der Waals surface area contributed by atoms with E-state index in [0.717, 1.165) is 62.3 Å². The van der Waals surface area contributed by atoms with Crippen molar-refractivity contribution in [1.29, 1.82) is 0 Å². The van der Waals surface area contributed by atoms with Crippen LogP contribution in [0.4, 0.5) is 5.69 Å². The van der Waals surface area contributed by atoms with Crippen LogP contribution >= 0.6 is 0 Å². The number of hydrogen-bond acceptors (Lipinski definition) is 7. The Kier molecular flexibility index (Phi) is 5.21. The van der Waals surface area contributed by atoms with E-state index in [9.17, 15) is 0 Å². The lowest BCUT2D eigenvalue weighted by Gasteiger charge is -2.36. The molecule has 5 rings (SSSR count). The molecule has 7 nitrogen and oxygen atoms in total. The second-order valence-electron chi connectivity index (χ2n) is 7.92. The van der Waals surface area contributed by atoms with Crippen LogP contribution in [0.1, 0.15) is 31.2 Å². The van der Waals surface area contributed by atoms with Crippen molar-refractivity contribution in [2.24, 2.45) is 0 Å². The molecule has 3 heterocycles. The summed E-state index contributed by atoms with van der Waals surface area (Å²) in [5.74, 6) is 0.729. The summed E-state index contributed by atoms with van der Waals surface area (Å²) in [6.07, 6.45) is 10.3. The lowest BCUT2D eigenvalue weighted by Crippen LogP contribution is -2.46. The monoisotopic (exact) mass is 390 g/mol. The van der Waals surface area contributed by atoms with Crippen LogP contribution in [0.3, 0.4) is 0 Å². The third-order valence-corrected chi connectivity index (χ3v) is 5.95. The van der Waals surface area contributed by atoms with Crippen LogP contribution < -0.4 is 9.64 Å². The standard InChI is InChI=1S/C22H26N6O/c1-2-4-19(3-1)29-22-20-13-18(5-6-21(20)23-16-24-22)28-11-9-27(10-12-28)15-17-7-8-25-26-14-17/h5-8,13-14,16,19H,1-4,9-12,15H2. The molecule has 0 radical (unpaired) electrons. The first kappa shape index (κ1) is 18.2. The van der Waals surface area contributed by atoms with Gasteiger partial charge in [0.05, 0.1) is 17.1 Å². The lowest BCUT2D eigenvalue weighted by molar-refractivity contribution is 0.204. The lowest BCUT2D eigenvalue weighted by atomic mass is 10.1. The second kappa shape index (κ2) is 8.29. The van der Waals surface area contributed by atoms with E-state index in [1.54, 1.807) is 12.5 Å². The van der Waals surface area contributed by atoms with Crippen LogP contribution in [0, 0.1) is 0 Å². The summed E-state index contributed by atoms with van der Waals surface area (Å²) in [7, 11) is 0. The van der Waals surface area contributed by atoms with E-state index in [4.69, 9.17) is 4.74 Å². The molecule has 1 aliphatic heterocycles. The zero-order chi connectivity index (χ0) is 19.5. The van der Waals surface area contributed by atoms with Crippen molar-refractivity contribution >= 4 is 16.6 Å². The average molecular weight is 390 g/mol. The Morgan fingerprint density at radius 1 is 0.966 bits per heavy atom. The third kappa shape index (κ3) is 4.15. The van der Waals surface area contributed by atoms with Gasteiger partial charge in [0, 0.05) is 44.6 Å². The number of anilines is 1. The molecule has 0 spiro atoms. The van der Waals surface area contributed by atoms with Gasteiger partial charge in [-0.15, -0.1) is 0 Å². The maximum absolute atomic E-state index is 6.23. The highest BCUT2D eigenvalue weighted by atomic mass is 16.5. The summed E-state index contributed by atoms with van der Waals surface area (Å²) in [5, 5.41) is 8.85. The van der Waals surface area contributed by atoms with E-state index in [1.165, 1.54) is 24.1 Å². The maximum Gasteiger partial charge on any atom is 0.224 e. The van der Waals surface area contributed by atoms with Gasteiger partial charge in [-0.3, -0.25) is 4.90 Å². The summed E-state index contributed by atoms with van der Waals surface area (Å²) in [6.45, 7) is 4.97. The number of piperazine rings is 1. The highest BCUT2D eigenvalue weighted by Crippen LogP contribution is 2.30. The summed E-state index contributed by atoms with van der Waals surface area (Å²) >= 11 is 0. The molecule has 1 saturated carbocycles. The molecule has 0 amide bonds. The van der Waals surface area contributed by atoms with Crippen molar-refractivity contribution in [2.45, 2.75) is 38.3 Å². The number of aromatic nitrogens is 4. The smallest absolute Gasteiger partial charge is 0.224 e. The highest BCUT2D eigenvalue weighted by Gasteiger charge is 2.21. The number of ether oxygens (including phenoxy) is 1. The predicted octanol–water partition coefficient (Wildman–Crippen LogP) is 3.06. The molecule has 0 N–H and O–H groups in total. The normalized spacial score (nSPS) is 18.4. The van der Waals surface area contributed by atoms with E-state index in [1.807, 2.05) is 12.3 Å². The molecule has 1 aliphatic carbocycles. The molecule has 2 aromatic heterocycles. The van der Waals surface area contributed by atoms with Gasteiger partial charge in [-0.05, 0) is 55.5 Å². The van der Waals surface area contributed by atoms with Gasteiger partial charge in [-0.2, -0.15) is 10.2 Å². The minimum atomic E-state index is 0.294. The number of fused-ring (bicyclic) bond motifs is 1. The molecule has 1 saturated heterocycles. The SMILES string of the molecule is c1cc(CN2CCN(c3ccc4ncnc(OC5CCCC5)c4c3)CC2)cnn1. The van der Waals surface area contributed by atoms with Crippen LogP contribution in [0.25, 0.3) is 10.9 Å². The van der Waals surface area contributed by atoms with Gasteiger partial charge in [-0.1, -0.05) is 0 Å². The minimum absolute atomic E-state index is 0.294. The molecular formula is C22H26N6O. The van der Waals surface area contributed by atoms with E-state index in [0.29, 0.717) is 6.10 Å². The maximum atomic E-state index is 6.23. The van der Waals surface area contributed by atoms with Crippen molar-refractivity contribution in [1.82, 2.24) is 25.1 Å². The van der Waals surface area contributed by atoms with Crippen LogP contribution in [-0.2, 0) is 6.54 Å². The molecule has 3 aromatic rings. The Hall–Kier alpha value is -2.80. The van der Waals surface area contributed by atoms with Crippen molar-refractivity contribution in [3.05, 3.63) is 48.5 Å². The molecule has 2 aliphatic rings. The number of rotatable bonds is 5. The number of hydrogen-bond donors (Lipinski definition) is 0. The van der Waals surface area contributed by atoms with Crippen LogP contribution in [0.15, 0.2) is 43.0 Å². The van der Waals surface area contributed by atoms with Crippen LogP contribution in [0.5, 0.6) is 5.88 Å². The summed E-state index contributed by atoms with van der Waals surface area (Å²) in [5.41, 5.74) is 3.37. The molecule has 0 bridgehead atoms. The fraction of sp³-hybridized carbons (Fsp3) is 0.455. The van der Waals surface area contributed by atoms with Crippen molar-refractivity contribution in [3.8, 4) is 5.88 Å². The minimum Gasteiger partial charge on any atom is -0.474 e. The topological polar surface area (TPSA) is 67.3 Å². The molecule has 150 valence electrons. The van der Waals surface area contributed by atoms with Gasteiger partial charge in [0.15, 0.2) is 0 Å². The first-order valence-electron chi connectivity index (χ1n) is 10.5. The van der Waals surface area contributed by atoms with Crippen molar-refractivity contribution in [2.75, 3.05) is 31.1 Å². The largest absolute Gasteiger partial charge is 0.474 e. The van der Waals surface area contributed by atoms with E-state index < -0.39 is 0 Å². The molecule has 29 heavy (non-hydrogen) atoms. The molecule has 7 heteroatoms. The summed E-state index contributed by atoms with van der Waals surface area (Å²) in [4.78, 5) is 13.8. The van der Waals surface area contributed by atoms with Gasteiger partial charge >= 0.3 is 0 Å². The van der Waals surface area contributed by atoms with Crippen molar-refractivity contribution in [3.63, 3.8) is 0 Å². The Balaban J connectivity index is 1.29. The molecule has 0 unspecified atom stereocenters. The molecule has 1 aromatic carbocycles. The average Bonchev–Trinajstić information content (AvgIpc) is 3.28. The van der Waals surface area contributed by atoms with E-state index in [-0.39, 0.29) is 0 Å². The predicted molar refractivity (Wildman–Crippen MR) is 112 cm³/mol. The number of benzene rings is 1. The van der Waals surface area contributed by atoms with Crippen LogP contribution in [0.2, 0.25) is 0 Å². The summed E-state index contributed by atoms with van der Waals surface area (Å²) in [6, 6.07) is 8.48. The van der Waals surface area contributed by atoms with Gasteiger partial charge in [0.1, 0.15) is 12.4 Å². The molecule has 2 fully saturated rings. The summed E-state index contributed by atoms with van der Waals surface area (Å²) < 4.78 is 6.23. The van der Waals surface area contributed by atoms with Crippen LogP contribution in [-0.4, -0.2) is 57.3 Å². The van der Waals surface area contributed by atoms with Crippen molar-refractivity contribution < 1.29 is 4.74 Å². The number of nitrogens with zero attached hydrogens (tertiary/aromatic N) is 6. The second-order valence-corrected chi connectivity index (χ2v) is 7.92. The quantitative estimate of drug-likeness (QED) is 0.663. The first-order valence-corrected chi connectivity index (χ1v) is 10.5. The zero-order valence-corrected chi connectivity index (χ0v) is 16.6. The zero-order valence-electron chi connectivity index (χ0n) is 16.6.